The van der Waals surface area contributed by atoms with E-state index < -0.39 is 0 Å². The number of halogens is 2. The molecule has 0 spiro atoms. The van der Waals surface area contributed by atoms with E-state index in [1.54, 1.807) is 30.3 Å². The number of rotatable bonds is 4. The zero-order chi connectivity index (χ0) is 15.2. The number of carbonyl (C=O) groups is 1. The molecule has 0 saturated heterocycles. The highest BCUT2D eigenvalue weighted by atomic mass is 35.5. The second-order valence-corrected chi connectivity index (χ2v) is 5.13. The van der Waals surface area contributed by atoms with Crippen LogP contribution in [-0.4, -0.2) is 13.1 Å². The number of carbonyl (C=O) groups excluding carboxylic acids is 1. The third-order valence-electron chi connectivity index (χ3n) is 2.78. The van der Waals surface area contributed by atoms with Crippen LogP contribution < -0.4 is 15.4 Å². The maximum absolute atomic E-state index is 11.8. The number of anilines is 1. The minimum absolute atomic E-state index is 0.314. The molecular weight excluding hydrogens is 311 g/mol. The van der Waals surface area contributed by atoms with Crippen molar-refractivity contribution in [1.29, 1.82) is 0 Å². The van der Waals surface area contributed by atoms with Crippen LogP contribution in [0.2, 0.25) is 10.0 Å². The van der Waals surface area contributed by atoms with Crippen molar-refractivity contribution in [3.63, 3.8) is 0 Å². The normalized spacial score (nSPS) is 10.0. The van der Waals surface area contributed by atoms with E-state index in [0.717, 1.165) is 5.56 Å². The fraction of sp³-hybridized carbons (Fsp3) is 0.133. The standard InChI is InChI=1S/C15H14Cl2N2O2/c1-21-14-7-6-12(8-13(14)17)19-15(20)18-9-10-2-4-11(16)5-3-10/h2-8H,9H2,1H3,(H2,18,19,20). The smallest absolute Gasteiger partial charge is 0.319 e. The van der Waals surface area contributed by atoms with Crippen LogP contribution in [0.3, 0.4) is 0 Å². The molecule has 0 unspecified atom stereocenters. The first-order valence-electron chi connectivity index (χ1n) is 6.21. The summed E-state index contributed by atoms with van der Waals surface area (Å²) in [6.07, 6.45) is 0. The Hall–Kier alpha value is -1.91. The summed E-state index contributed by atoms with van der Waals surface area (Å²) in [5.41, 5.74) is 1.55. The van der Waals surface area contributed by atoms with E-state index in [2.05, 4.69) is 10.6 Å². The molecule has 0 aliphatic heterocycles. The van der Waals surface area contributed by atoms with Crippen molar-refractivity contribution in [2.45, 2.75) is 6.54 Å². The third-order valence-corrected chi connectivity index (χ3v) is 3.32. The number of methoxy groups -OCH3 is 1. The predicted molar refractivity (Wildman–Crippen MR) is 85.3 cm³/mol. The lowest BCUT2D eigenvalue weighted by molar-refractivity contribution is 0.251. The molecule has 0 fully saturated rings. The van der Waals surface area contributed by atoms with E-state index in [1.807, 2.05) is 12.1 Å². The zero-order valence-corrected chi connectivity index (χ0v) is 12.8. The van der Waals surface area contributed by atoms with Gasteiger partial charge < -0.3 is 15.4 Å². The molecule has 110 valence electrons. The molecule has 21 heavy (non-hydrogen) atoms. The van der Waals surface area contributed by atoms with Gasteiger partial charge in [0, 0.05) is 17.3 Å². The van der Waals surface area contributed by atoms with E-state index in [1.165, 1.54) is 7.11 Å². The summed E-state index contributed by atoms with van der Waals surface area (Å²) in [6.45, 7) is 0.410. The molecule has 0 radical (unpaired) electrons. The topological polar surface area (TPSA) is 50.4 Å². The number of ether oxygens (including phenoxy) is 1. The molecule has 6 heteroatoms. The molecule has 2 aromatic carbocycles. The van der Waals surface area contributed by atoms with Gasteiger partial charge in [0.15, 0.2) is 0 Å². The first-order chi connectivity index (χ1) is 10.1. The molecule has 0 saturated carbocycles. The van der Waals surface area contributed by atoms with E-state index in [-0.39, 0.29) is 6.03 Å². The number of benzene rings is 2. The van der Waals surface area contributed by atoms with Gasteiger partial charge in [-0.2, -0.15) is 0 Å². The Labute approximate surface area is 133 Å². The first-order valence-corrected chi connectivity index (χ1v) is 6.97. The van der Waals surface area contributed by atoms with E-state index >= 15 is 0 Å². The molecule has 0 aliphatic rings. The highest BCUT2D eigenvalue weighted by molar-refractivity contribution is 6.32. The van der Waals surface area contributed by atoms with Crippen molar-refractivity contribution in [3.05, 3.63) is 58.1 Å². The highest BCUT2D eigenvalue weighted by Gasteiger charge is 2.05. The number of hydrogen-bond acceptors (Lipinski definition) is 2. The average Bonchev–Trinajstić information content (AvgIpc) is 2.47. The van der Waals surface area contributed by atoms with Crippen LogP contribution in [0.15, 0.2) is 42.5 Å². The Kier molecular flexibility index (Phi) is 5.31. The Morgan fingerprint density at radius 1 is 1.14 bits per heavy atom. The molecule has 2 rings (SSSR count). The van der Waals surface area contributed by atoms with Crippen LogP contribution in [0.1, 0.15) is 5.56 Å². The predicted octanol–water partition coefficient (Wildman–Crippen LogP) is 4.32. The Morgan fingerprint density at radius 2 is 1.86 bits per heavy atom. The number of urea groups is 1. The van der Waals surface area contributed by atoms with Crippen molar-refractivity contribution < 1.29 is 9.53 Å². The van der Waals surface area contributed by atoms with Gasteiger partial charge in [-0.3, -0.25) is 0 Å². The summed E-state index contributed by atoms with van der Waals surface area (Å²) in [4.78, 5) is 11.8. The number of hydrogen-bond donors (Lipinski definition) is 2. The van der Waals surface area contributed by atoms with Crippen LogP contribution in [0.5, 0.6) is 5.75 Å². The molecule has 0 atom stereocenters. The summed E-state index contributed by atoms with van der Waals surface area (Å²) < 4.78 is 5.05. The molecule has 0 aromatic heterocycles. The van der Waals surface area contributed by atoms with Gasteiger partial charge >= 0.3 is 6.03 Å². The lowest BCUT2D eigenvalue weighted by Gasteiger charge is -2.09. The van der Waals surface area contributed by atoms with Gasteiger partial charge in [-0.25, -0.2) is 4.79 Å². The molecular formula is C15H14Cl2N2O2. The van der Waals surface area contributed by atoms with E-state index in [0.29, 0.717) is 28.0 Å². The molecule has 0 aliphatic carbocycles. The molecule has 4 nitrogen and oxygen atoms in total. The van der Waals surface area contributed by atoms with E-state index in [9.17, 15) is 4.79 Å². The third kappa shape index (κ3) is 4.55. The van der Waals surface area contributed by atoms with Crippen molar-refractivity contribution in [2.24, 2.45) is 0 Å². The maximum Gasteiger partial charge on any atom is 0.319 e. The molecule has 2 N–H and O–H groups in total. The van der Waals surface area contributed by atoms with Gasteiger partial charge in [0.25, 0.3) is 0 Å². The van der Waals surface area contributed by atoms with Crippen LogP contribution in [-0.2, 0) is 6.54 Å². The Bertz CT molecular complexity index is 630. The minimum atomic E-state index is -0.314. The molecule has 0 heterocycles. The molecule has 2 amide bonds. The maximum atomic E-state index is 11.8. The lowest BCUT2D eigenvalue weighted by atomic mass is 10.2. The van der Waals surface area contributed by atoms with Gasteiger partial charge in [-0.05, 0) is 35.9 Å². The van der Waals surface area contributed by atoms with Gasteiger partial charge in [-0.15, -0.1) is 0 Å². The average molecular weight is 325 g/mol. The van der Waals surface area contributed by atoms with Crippen molar-refractivity contribution in [1.82, 2.24) is 5.32 Å². The van der Waals surface area contributed by atoms with Gasteiger partial charge in [0.2, 0.25) is 0 Å². The second kappa shape index (κ2) is 7.20. The summed E-state index contributed by atoms with van der Waals surface area (Å²) >= 11 is 11.8. The van der Waals surface area contributed by atoms with Crippen molar-refractivity contribution >= 4 is 34.9 Å². The van der Waals surface area contributed by atoms with Crippen LogP contribution in [0, 0.1) is 0 Å². The first kappa shape index (κ1) is 15.5. The fourth-order valence-electron chi connectivity index (χ4n) is 1.70. The Balaban J connectivity index is 1.89. The van der Waals surface area contributed by atoms with Crippen molar-refractivity contribution in [2.75, 3.05) is 12.4 Å². The highest BCUT2D eigenvalue weighted by Crippen LogP contribution is 2.27. The fourth-order valence-corrected chi connectivity index (χ4v) is 2.09. The van der Waals surface area contributed by atoms with Gasteiger partial charge in [0.1, 0.15) is 5.75 Å². The monoisotopic (exact) mass is 324 g/mol. The van der Waals surface area contributed by atoms with Crippen LogP contribution >= 0.6 is 23.2 Å². The Morgan fingerprint density at radius 3 is 2.48 bits per heavy atom. The van der Waals surface area contributed by atoms with Gasteiger partial charge in [-0.1, -0.05) is 35.3 Å². The quantitative estimate of drug-likeness (QED) is 0.879. The second-order valence-electron chi connectivity index (χ2n) is 4.28. The molecule has 2 aromatic rings. The largest absolute Gasteiger partial charge is 0.495 e. The SMILES string of the molecule is COc1ccc(NC(=O)NCc2ccc(Cl)cc2)cc1Cl. The van der Waals surface area contributed by atoms with Gasteiger partial charge in [0.05, 0.1) is 12.1 Å². The van der Waals surface area contributed by atoms with Crippen LogP contribution in [0.25, 0.3) is 0 Å². The molecule has 0 bridgehead atoms. The lowest BCUT2D eigenvalue weighted by Crippen LogP contribution is -2.28. The zero-order valence-electron chi connectivity index (χ0n) is 11.3. The van der Waals surface area contributed by atoms with Crippen molar-refractivity contribution in [3.8, 4) is 5.75 Å². The van der Waals surface area contributed by atoms with E-state index in [4.69, 9.17) is 27.9 Å². The number of amides is 2. The van der Waals surface area contributed by atoms with Crippen LogP contribution in [0.4, 0.5) is 10.5 Å². The number of nitrogens with one attached hydrogen (secondary N) is 2. The summed E-state index contributed by atoms with van der Waals surface area (Å²) in [6, 6.07) is 12.0. The summed E-state index contributed by atoms with van der Waals surface area (Å²) in [5, 5.41) is 6.55. The minimum Gasteiger partial charge on any atom is -0.495 e. The summed E-state index contributed by atoms with van der Waals surface area (Å²) in [5.74, 6) is 0.559. The summed E-state index contributed by atoms with van der Waals surface area (Å²) in [7, 11) is 1.53.